The van der Waals surface area contributed by atoms with Crippen molar-refractivity contribution in [2.75, 3.05) is 0 Å². The van der Waals surface area contributed by atoms with Crippen LogP contribution in [0, 0.1) is 6.92 Å². The van der Waals surface area contributed by atoms with Crippen LogP contribution in [-0.4, -0.2) is 4.98 Å². The average Bonchev–Trinajstić information content (AvgIpc) is 2.31. The lowest BCUT2D eigenvalue weighted by molar-refractivity contribution is 1.01. The molecule has 0 saturated heterocycles. The second kappa shape index (κ2) is 4.90. The molecule has 1 heterocycles. The van der Waals surface area contributed by atoms with Crippen LogP contribution >= 0.6 is 0 Å². The number of rotatable bonds is 3. The van der Waals surface area contributed by atoms with Gasteiger partial charge < -0.3 is 5.73 Å². The zero-order valence-electron chi connectivity index (χ0n) is 9.48. The fourth-order valence-corrected chi connectivity index (χ4v) is 1.84. The second-order valence-corrected chi connectivity index (χ2v) is 4.01. The van der Waals surface area contributed by atoms with Crippen molar-refractivity contribution < 1.29 is 0 Å². The minimum absolute atomic E-state index is 0.598. The van der Waals surface area contributed by atoms with E-state index in [4.69, 9.17) is 5.73 Å². The van der Waals surface area contributed by atoms with Gasteiger partial charge in [0.15, 0.2) is 0 Å². The molecule has 1 aromatic heterocycles. The lowest BCUT2D eigenvalue weighted by Crippen LogP contribution is -2.02. The van der Waals surface area contributed by atoms with E-state index < -0.39 is 0 Å². The van der Waals surface area contributed by atoms with Crippen molar-refractivity contribution in [1.29, 1.82) is 0 Å². The summed E-state index contributed by atoms with van der Waals surface area (Å²) in [5.74, 6) is 0. The molecule has 1 aromatic carbocycles. The molecule has 0 amide bonds. The maximum absolute atomic E-state index is 5.74. The third kappa shape index (κ3) is 2.47. The lowest BCUT2D eigenvalue weighted by Gasteiger charge is -2.09. The molecule has 2 aromatic rings. The van der Waals surface area contributed by atoms with E-state index in [0.29, 0.717) is 6.54 Å². The molecule has 2 nitrogen and oxygen atoms in total. The molecule has 0 saturated carbocycles. The summed E-state index contributed by atoms with van der Waals surface area (Å²) in [7, 11) is 0. The highest BCUT2D eigenvalue weighted by Crippen LogP contribution is 2.15. The summed E-state index contributed by atoms with van der Waals surface area (Å²) in [6.07, 6.45) is 4.58. The summed E-state index contributed by atoms with van der Waals surface area (Å²) in [4.78, 5) is 4.02. The zero-order chi connectivity index (χ0) is 11.4. The molecule has 0 radical (unpaired) electrons. The third-order valence-corrected chi connectivity index (χ3v) is 2.73. The molecular formula is C14H16N2. The van der Waals surface area contributed by atoms with E-state index in [-0.39, 0.29) is 0 Å². The number of hydrogen-bond acceptors (Lipinski definition) is 2. The van der Waals surface area contributed by atoms with Gasteiger partial charge in [-0.15, -0.1) is 0 Å². The molecule has 0 unspecified atom stereocenters. The van der Waals surface area contributed by atoms with Gasteiger partial charge >= 0.3 is 0 Å². The van der Waals surface area contributed by atoms with Gasteiger partial charge in [-0.3, -0.25) is 4.98 Å². The van der Waals surface area contributed by atoms with Gasteiger partial charge in [-0.1, -0.05) is 23.8 Å². The minimum atomic E-state index is 0.598. The maximum Gasteiger partial charge on any atom is 0.0270 e. The topological polar surface area (TPSA) is 38.9 Å². The first-order valence-corrected chi connectivity index (χ1v) is 5.47. The molecular weight excluding hydrogens is 196 g/mol. The largest absolute Gasteiger partial charge is 0.326 e. The van der Waals surface area contributed by atoms with Crippen molar-refractivity contribution >= 4 is 0 Å². The van der Waals surface area contributed by atoms with Crippen molar-refractivity contribution in [1.82, 2.24) is 4.98 Å². The molecule has 0 aliphatic carbocycles. The Balaban J connectivity index is 2.30. The van der Waals surface area contributed by atoms with Gasteiger partial charge in [-0.25, -0.2) is 0 Å². The van der Waals surface area contributed by atoms with E-state index in [9.17, 15) is 0 Å². The third-order valence-electron chi connectivity index (χ3n) is 2.73. The Morgan fingerprint density at radius 2 is 1.81 bits per heavy atom. The zero-order valence-corrected chi connectivity index (χ0v) is 9.48. The summed E-state index contributed by atoms with van der Waals surface area (Å²) >= 11 is 0. The first kappa shape index (κ1) is 10.8. The molecule has 0 spiro atoms. The summed E-state index contributed by atoms with van der Waals surface area (Å²) in [6.45, 7) is 2.71. The van der Waals surface area contributed by atoms with Gasteiger partial charge in [0.25, 0.3) is 0 Å². The van der Waals surface area contributed by atoms with E-state index in [1.165, 1.54) is 22.3 Å². The molecule has 2 heteroatoms. The number of aromatic nitrogens is 1. The van der Waals surface area contributed by atoms with Gasteiger partial charge in [0.1, 0.15) is 0 Å². The van der Waals surface area contributed by atoms with Crippen LogP contribution in [0.25, 0.3) is 0 Å². The van der Waals surface area contributed by atoms with Crippen LogP contribution in [0.2, 0.25) is 0 Å². The smallest absolute Gasteiger partial charge is 0.0270 e. The molecule has 16 heavy (non-hydrogen) atoms. The fraction of sp³-hybridized carbons (Fsp3) is 0.214. The highest BCUT2D eigenvalue weighted by Gasteiger charge is 2.02. The Bertz CT molecular complexity index is 463. The predicted octanol–water partition coefficient (Wildman–Crippen LogP) is 2.44. The molecule has 2 rings (SSSR count). The molecule has 0 atom stereocenters. The van der Waals surface area contributed by atoms with Crippen molar-refractivity contribution in [3.8, 4) is 0 Å². The van der Waals surface area contributed by atoms with Gasteiger partial charge in [0, 0.05) is 18.9 Å². The van der Waals surface area contributed by atoms with Gasteiger partial charge in [-0.2, -0.15) is 0 Å². The summed E-state index contributed by atoms with van der Waals surface area (Å²) < 4.78 is 0. The molecule has 0 fully saturated rings. The summed E-state index contributed by atoms with van der Waals surface area (Å²) in [5, 5.41) is 0. The summed E-state index contributed by atoms with van der Waals surface area (Å²) in [5.41, 5.74) is 10.8. The van der Waals surface area contributed by atoms with Crippen LogP contribution < -0.4 is 5.73 Å². The Morgan fingerprint density at radius 3 is 2.50 bits per heavy atom. The van der Waals surface area contributed by atoms with Crippen LogP contribution in [0.5, 0.6) is 0 Å². The SMILES string of the molecule is Cc1ccc(CN)c(Cc2ccncc2)c1. The van der Waals surface area contributed by atoms with Gasteiger partial charge in [-0.05, 0) is 42.2 Å². The van der Waals surface area contributed by atoms with E-state index in [1.807, 2.05) is 24.5 Å². The van der Waals surface area contributed by atoms with Crippen LogP contribution in [0.1, 0.15) is 22.3 Å². The maximum atomic E-state index is 5.74. The van der Waals surface area contributed by atoms with Gasteiger partial charge in [0.2, 0.25) is 0 Å². The quantitative estimate of drug-likeness (QED) is 0.848. The van der Waals surface area contributed by atoms with Crippen LogP contribution in [0.15, 0.2) is 42.7 Å². The molecule has 0 aliphatic rings. The van der Waals surface area contributed by atoms with Crippen molar-refractivity contribution in [3.05, 3.63) is 65.0 Å². The van der Waals surface area contributed by atoms with Crippen LogP contribution in [0.4, 0.5) is 0 Å². The van der Waals surface area contributed by atoms with E-state index in [0.717, 1.165) is 6.42 Å². The predicted molar refractivity (Wildman–Crippen MR) is 66.1 cm³/mol. The Labute approximate surface area is 96.1 Å². The average molecular weight is 212 g/mol. The first-order valence-electron chi connectivity index (χ1n) is 5.47. The molecule has 0 aliphatic heterocycles. The Kier molecular flexibility index (Phi) is 3.32. The Morgan fingerprint density at radius 1 is 1.06 bits per heavy atom. The normalized spacial score (nSPS) is 10.4. The standard InChI is InChI=1S/C14H16N2/c1-11-2-3-13(10-15)14(8-11)9-12-4-6-16-7-5-12/h2-8H,9-10,15H2,1H3. The highest BCUT2D eigenvalue weighted by molar-refractivity contribution is 5.35. The van der Waals surface area contributed by atoms with E-state index in [2.05, 4.69) is 30.1 Å². The van der Waals surface area contributed by atoms with Crippen LogP contribution in [0.3, 0.4) is 0 Å². The molecule has 82 valence electrons. The molecule has 0 bridgehead atoms. The van der Waals surface area contributed by atoms with E-state index in [1.54, 1.807) is 0 Å². The monoisotopic (exact) mass is 212 g/mol. The number of benzene rings is 1. The van der Waals surface area contributed by atoms with Crippen molar-refractivity contribution in [3.63, 3.8) is 0 Å². The number of nitrogens with zero attached hydrogens (tertiary/aromatic N) is 1. The van der Waals surface area contributed by atoms with Crippen molar-refractivity contribution in [2.45, 2.75) is 19.9 Å². The minimum Gasteiger partial charge on any atom is -0.326 e. The Hall–Kier alpha value is -1.67. The first-order chi connectivity index (χ1) is 7.79. The fourth-order valence-electron chi connectivity index (χ4n) is 1.84. The van der Waals surface area contributed by atoms with Crippen molar-refractivity contribution in [2.24, 2.45) is 5.73 Å². The highest BCUT2D eigenvalue weighted by atomic mass is 14.6. The van der Waals surface area contributed by atoms with Gasteiger partial charge in [0.05, 0.1) is 0 Å². The lowest BCUT2D eigenvalue weighted by atomic mass is 9.98. The number of nitrogens with two attached hydrogens (primary N) is 1. The van der Waals surface area contributed by atoms with Crippen LogP contribution in [-0.2, 0) is 13.0 Å². The number of aryl methyl sites for hydroxylation is 1. The van der Waals surface area contributed by atoms with E-state index >= 15 is 0 Å². The summed E-state index contributed by atoms with van der Waals surface area (Å²) in [6, 6.07) is 10.5. The number of hydrogen-bond donors (Lipinski definition) is 1. The second-order valence-electron chi connectivity index (χ2n) is 4.01. The number of pyridine rings is 1. The molecule has 2 N–H and O–H groups in total.